The van der Waals surface area contributed by atoms with Crippen LogP contribution < -0.4 is 5.43 Å². The number of piperidine rings is 1. The van der Waals surface area contributed by atoms with E-state index in [-0.39, 0.29) is 0 Å². The van der Waals surface area contributed by atoms with Crippen molar-refractivity contribution in [2.45, 2.75) is 52.1 Å². The van der Waals surface area contributed by atoms with Gasteiger partial charge >= 0.3 is 0 Å². The van der Waals surface area contributed by atoms with Crippen molar-refractivity contribution >= 4 is 21.7 Å². The minimum absolute atomic E-state index is 0.549. The molecule has 0 radical (unpaired) electrons. The Morgan fingerprint density at radius 3 is 2.53 bits per heavy atom. The van der Waals surface area contributed by atoms with Crippen LogP contribution in [0.3, 0.4) is 0 Å². The molecule has 1 aliphatic rings. The van der Waals surface area contributed by atoms with Crippen LogP contribution in [0.2, 0.25) is 0 Å². The molecule has 94 valence electrons. The lowest BCUT2D eigenvalue weighted by Crippen LogP contribution is -2.47. The largest absolute Gasteiger partial charge is 0.302 e. The summed E-state index contributed by atoms with van der Waals surface area (Å²) in [6, 6.07) is 3.02. The zero-order chi connectivity index (χ0) is 12.4. The number of aromatic nitrogens is 2. The van der Waals surface area contributed by atoms with Gasteiger partial charge in [-0.25, -0.2) is 15.0 Å². The summed E-state index contributed by atoms with van der Waals surface area (Å²) in [5.41, 5.74) is 3.41. The van der Waals surface area contributed by atoms with Gasteiger partial charge in [0.05, 0.1) is 0 Å². The molecule has 4 nitrogen and oxygen atoms in total. The van der Waals surface area contributed by atoms with Crippen molar-refractivity contribution in [3.63, 3.8) is 0 Å². The summed E-state index contributed by atoms with van der Waals surface area (Å²) in [4.78, 5) is 8.62. The highest BCUT2D eigenvalue weighted by Crippen LogP contribution is 2.23. The Balaban J connectivity index is 2.13. The first-order valence-corrected chi connectivity index (χ1v) is 6.91. The standard InChI is InChI=1S/C12H19BrN4/c1-8-5-4-6-9(2)17(8)16-12-7-11(13)14-10(3)15-12/h7-9H,4-6H2,1-3H3,(H,14,15,16). The fourth-order valence-corrected chi connectivity index (χ4v) is 2.84. The van der Waals surface area contributed by atoms with Crippen LogP contribution in [-0.4, -0.2) is 27.1 Å². The highest BCUT2D eigenvalue weighted by Gasteiger charge is 2.24. The molecule has 5 heteroatoms. The van der Waals surface area contributed by atoms with E-state index in [4.69, 9.17) is 0 Å². The van der Waals surface area contributed by atoms with Gasteiger partial charge in [0.25, 0.3) is 0 Å². The monoisotopic (exact) mass is 298 g/mol. The molecular weight excluding hydrogens is 280 g/mol. The van der Waals surface area contributed by atoms with E-state index in [0.717, 1.165) is 16.2 Å². The molecule has 1 saturated heterocycles. The number of nitrogens with zero attached hydrogens (tertiary/aromatic N) is 3. The minimum atomic E-state index is 0.549. The van der Waals surface area contributed by atoms with E-state index in [2.05, 4.69) is 50.2 Å². The summed E-state index contributed by atoms with van der Waals surface area (Å²) in [6.07, 6.45) is 3.79. The fraction of sp³-hybridized carbons (Fsp3) is 0.667. The Labute approximate surface area is 111 Å². The SMILES string of the molecule is Cc1nc(Br)cc(NN2C(C)CCCC2C)n1. The van der Waals surface area contributed by atoms with E-state index < -0.39 is 0 Å². The lowest BCUT2D eigenvalue weighted by Gasteiger charge is -2.39. The van der Waals surface area contributed by atoms with Gasteiger partial charge in [0, 0.05) is 18.2 Å². The lowest BCUT2D eigenvalue weighted by molar-refractivity contribution is 0.135. The molecule has 2 unspecified atom stereocenters. The van der Waals surface area contributed by atoms with Crippen molar-refractivity contribution < 1.29 is 0 Å². The molecule has 17 heavy (non-hydrogen) atoms. The topological polar surface area (TPSA) is 41.1 Å². The zero-order valence-corrected chi connectivity index (χ0v) is 12.2. The van der Waals surface area contributed by atoms with E-state index in [0.29, 0.717) is 12.1 Å². The number of aryl methyl sites for hydroxylation is 1. The molecule has 2 heterocycles. The Bertz CT molecular complexity index is 366. The summed E-state index contributed by atoms with van der Waals surface area (Å²) in [5, 5.41) is 2.30. The summed E-state index contributed by atoms with van der Waals surface area (Å²) in [6.45, 7) is 6.41. The average Bonchev–Trinajstić information content (AvgIpc) is 2.22. The van der Waals surface area contributed by atoms with Gasteiger partial charge in [-0.15, -0.1) is 0 Å². The number of hydrogen-bond donors (Lipinski definition) is 1. The molecule has 1 aliphatic heterocycles. The van der Waals surface area contributed by atoms with Gasteiger partial charge in [-0.3, -0.25) is 0 Å². The van der Waals surface area contributed by atoms with Gasteiger partial charge in [-0.2, -0.15) is 0 Å². The summed E-state index contributed by atoms with van der Waals surface area (Å²) < 4.78 is 0.824. The molecule has 0 amide bonds. The molecular formula is C12H19BrN4. The van der Waals surface area contributed by atoms with Crippen LogP contribution in [-0.2, 0) is 0 Å². The highest BCUT2D eigenvalue weighted by atomic mass is 79.9. The number of anilines is 1. The first-order chi connectivity index (χ1) is 8.06. The first kappa shape index (κ1) is 12.8. The minimum Gasteiger partial charge on any atom is -0.302 e. The van der Waals surface area contributed by atoms with E-state index in [9.17, 15) is 0 Å². The van der Waals surface area contributed by atoms with Crippen LogP contribution in [0.1, 0.15) is 38.9 Å². The lowest BCUT2D eigenvalue weighted by atomic mass is 10.00. The van der Waals surface area contributed by atoms with Crippen molar-refractivity contribution in [2.24, 2.45) is 0 Å². The third-order valence-corrected chi connectivity index (χ3v) is 3.65. The Hall–Kier alpha value is -0.680. The van der Waals surface area contributed by atoms with Gasteiger partial charge in [0.2, 0.25) is 0 Å². The number of hydrazine groups is 1. The molecule has 2 rings (SSSR count). The van der Waals surface area contributed by atoms with E-state index in [1.54, 1.807) is 0 Å². The van der Waals surface area contributed by atoms with E-state index >= 15 is 0 Å². The normalized spacial score (nSPS) is 25.9. The van der Waals surface area contributed by atoms with Gasteiger partial charge in [-0.05, 0) is 49.5 Å². The number of halogens is 1. The molecule has 0 bridgehead atoms. The molecule has 0 spiro atoms. The Kier molecular flexibility index (Phi) is 3.99. The summed E-state index contributed by atoms with van der Waals surface area (Å²) in [5.74, 6) is 1.64. The third-order valence-electron chi connectivity index (χ3n) is 3.24. The second-order valence-corrected chi connectivity index (χ2v) is 5.58. The van der Waals surface area contributed by atoms with Crippen LogP contribution in [0.25, 0.3) is 0 Å². The predicted octanol–water partition coefficient (Wildman–Crippen LogP) is 3.14. The fourth-order valence-electron chi connectivity index (χ4n) is 2.36. The predicted molar refractivity (Wildman–Crippen MR) is 72.7 cm³/mol. The van der Waals surface area contributed by atoms with Crippen molar-refractivity contribution in [3.05, 3.63) is 16.5 Å². The second kappa shape index (κ2) is 5.31. The number of hydrogen-bond acceptors (Lipinski definition) is 4. The Morgan fingerprint density at radius 1 is 1.29 bits per heavy atom. The smallest absolute Gasteiger partial charge is 0.145 e. The van der Waals surface area contributed by atoms with Crippen LogP contribution >= 0.6 is 15.9 Å². The molecule has 1 fully saturated rings. The van der Waals surface area contributed by atoms with Crippen molar-refractivity contribution in [2.75, 3.05) is 5.43 Å². The van der Waals surface area contributed by atoms with Crippen molar-refractivity contribution in [1.29, 1.82) is 0 Å². The zero-order valence-electron chi connectivity index (χ0n) is 10.6. The third kappa shape index (κ3) is 3.16. The maximum absolute atomic E-state index is 4.40. The van der Waals surface area contributed by atoms with Crippen molar-refractivity contribution in [1.82, 2.24) is 15.0 Å². The molecule has 0 aliphatic carbocycles. The van der Waals surface area contributed by atoms with Crippen LogP contribution in [0.5, 0.6) is 0 Å². The van der Waals surface area contributed by atoms with Crippen LogP contribution in [0.4, 0.5) is 5.82 Å². The van der Waals surface area contributed by atoms with E-state index in [1.165, 1.54) is 19.3 Å². The molecule has 0 saturated carbocycles. The van der Waals surface area contributed by atoms with Gasteiger partial charge < -0.3 is 5.43 Å². The summed E-state index contributed by atoms with van der Waals surface area (Å²) in [7, 11) is 0. The number of nitrogens with one attached hydrogen (secondary N) is 1. The quantitative estimate of drug-likeness (QED) is 0.852. The molecule has 2 atom stereocenters. The number of rotatable bonds is 2. The van der Waals surface area contributed by atoms with Crippen LogP contribution in [0.15, 0.2) is 10.7 Å². The first-order valence-electron chi connectivity index (χ1n) is 6.12. The van der Waals surface area contributed by atoms with Gasteiger partial charge in [0.15, 0.2) is 0 Å². The van der Waals surface area contributed by atoms with Gasteiger partial charge in [-0.1, -0.05) is 6.42 Å². The van der Waals surface area contributed by atoms with Crippen molar-refractivity contribution in [3.8, 4) is 0 Å². The molecule has 1 aromatic heterocycles. The highest BCUT2D eigenvalue weighted by molar-refractivity contribution is 9.10. The van der Waals surface area contributed by atoms with Gasteiger partial charge in [0.1, 0.15) is 16.2 Å². The molecule has 1 aromatic rings. The van der Waals surface area contributed by atoms with Crippen LogP contribution in [0, 0.1) is 6.92 Å². The second-order valence-electron chi connectivity index (χ2n) is 4.77. The molecule has 1 N–H and O–H groups in total. The molecule has 0 aromatic carbocycles. The average molecular weight is 299 g/mol. The maximum Gasteiger partial charge on any atom is 0.145 e. The van der Waals surface area contributed by atoms with E-state index in [1.807, 2.05) is 13.0 Å². The Morgan fingerprint density at radius 2 is 1.94 bits per heavy atom. The summed E-state index contributed by atoms with van der Waals surface area (Å²) >= 11 is 3.40. The maximum atomic E-state index is 4.40.